The number of hydrogen-bond acceptors (Lipinski definition) is 6. The van der Waals surface area contributed by atoms with Gasteiger partial charge in [-0.25, -0.2) is 4.98 Å². The molecule has 2 aromatic carbocycles. The van der Waals surface area contributed by atoms with Gasteiger partial charge in [-0.05, 0) is 53.8 Å². The van der Waals surface area contributed by atoms with Crippen molar-refractivity contribution >= 4 is 34.8 Å². The second kappa shape index (κ2) is 12.7. The van der Waals surface area contributed by atoms with Crippen LogP contribution >= 0.6 is 23.7 Å². The lowest BCUT2D eigenvalue weighted by molar-refractivity contribution is 0.0376. The van der Waals surface area contributed by atoms with Gasteiger partial charge in [-0.3, -0.25) is 14.6 Å². The van der Waals surface area contributed by atoms with E-state index in [2.05, 4.69) is 37.8 Å². The topological polar surface area (TPSA) is 54.9 Å². The lowest BCUT2D eigenvalue weighted by Crippen LogP contribution is -2.39. The molecular formula is C28H36ClN3O3S. The average molecular weight is 530 g/mol. The summed E-state index contributed by atoms with van der Waals surface area (Å²) in [6, 6.07) is 15.8. The fourth-order valence-electron chi connectivity index (χ4n) is 4.11. The van der Waals surface area contributed by atoms with Gasteiger partial charge in [0.15, 0.2) is 5.13 Å². The van der Waals surface area contributed by atoms with Crippen LogP contribution in [0.15, 0.2) is 53.9 Å². The normalized spacial score (nSPS) is 14.2. The van der Waals surface area contributed by atoms with E-state index in [1.54, 1.807) is 7.11 Å². The van der Waals surface area contributed by atoms with E-state index in [0.717, 1.165) is 61.4 Å². The third kappa shape index (κ3) is 7.07. The van der Waals surface area contributed by atoms with E-state index in [0.29, 0.717) is 12.1 Å². The Hall–Kier alpha value is -2.45. The molecule has 0 unspecified atom stereocenters. The second-order valence-electron chi connectivity index (χ2n) is 9.84. The maximum atomic E-state index is 13.7. The molecule has 0 saturated carbocycles. The van der Waals surface area contributed by atoms with Crippen molar-refractivity contribution in [2.45, 2.75) is 32.6 Å². The Morgan fingerprint density at radius 3 is 2.36 bits per heavy atom. The summed E-state index contributed by atoms with van der Waals surface area (Å²) in [4.78, 5) is 22.7. The summed E-state index contributed by atoms with van der Waals surface area (Å²) in [5, 5.41) is 2.74. The molecule has 1 saturated heterocycles. The van der Waals surface area contributed by atoms with Crippen LogP contribution in [0.3, 0.4) is 0 Å². The predicted octanol–water partition coefficient (Wildman–Crippen LogP) is 5.91. The van der Waals surface area contributed by atoms with E-state index in [1.165, 1.54) is 16.9 Å². The van der Waals surface area contributed by atoms with Gasteiger partial charge in [-0.2, -0.15) is 0 Å². The molecule has 2 heterocycles. The molecule has 6 nitrogen and oxygen atoms in total. The number of rotatable bonds is 8. The van der Waals surface area contributed by atoms with Crippen molar-refractivity contribution in [1.82, 2.24) is 9.88 Å². The molecule has 1 aromatic heterocycles. The predicted molar refractivity (Wildman–Crippen MR) is 150 cm³/mol. The number of anilines is 1. The van der Waals surface area contributed by atoms with Crippen LogP contribution in [0.25, 0.3) is 11.3 Å². The molecule has 1 aliphatic heterocycles. The minimum Gasteiger partial charge on any atom is -0.497 e. The van der Waals surface area contributed by atoms with Crippen LogP contribution in [0, 0.1) is 0 Å². The molecule has 0 atom stereocenters. The Bertz CT molecular complexity index is 1100. The maximum Gasteiger partial charge on any atom is 0.260 e. The zero-order valence-electron chi connectivity index (χ0n) is 21.5. The molecule has 0 bridgehead atoms. The van der Waals surface area contributed by atoms with Crippen LogP contribution in [0.2, 0.25) is 0 Å². The highest BCUT2D eigenvalue weighted by Crippen LogP contribution is 2.30. The Morgan fingerprint density at radius 1 is 1.08 bits per heavy atom. The van der Waals surface area contributed by atoms with E-state index in [-0.39, 0.29) is 23.7 Å². The maximum absolute atomic E-state index is 13.7. The first-order valence-corrected chi connectivity index (χ1v) is 13.1. The highest BCUT2D eigenvalue weighted by molar-refractivity contribution is 7.14. The molecule has 3 aromatic rings. The highest BCUT2D eigenvalue weighted by Gasteiger charge is 2.23. The number of hydrogen-bond donors (Lipinski definition) is 0. The Morgan fingerprint density at radius 2 is 1.75 bits per heavy atom. The number of aromatic nitrogens is 1. The summed E-state index contributed by atoms with van der Waals surface area (Å²) in [6.45, 7) is 11.5. The van der Waals surface area contributed by atoms with Crippen LogP contribution in [0.1, 0.15) is 43.1 Å². The number of benzene rings is 2. The quantitative estimate of drug-likeness (QED) is 0.363. The van der Waals surface area contributed by atoms with Crippen molar-refractivity contribution in [2.75, 3.05) is 51.4 Å². The largest absolute Gasteiger partial charge is 0.497 e. The van der Waals surface area contributed by atoms with Crippen molar-refractivity contribution < 1.29 is 14.3 Å². The number of morpholine rings is 1. The molecule has 1 fully saturated rings. The smallest absolute Gasteiger partial charge is 0.260 e. The summed E-state index contributed by atoms with van der Waals surface area (Å²) in [7, 11) is 1.66. The first-order valence-electron chi connectivity index (χ1n) is 12.2. The molecular weight excluding hydrogens is 494 g/mol. The van der Waals surface area contributed by atoms with Gasteiger partial charge in [0.05, 0.1) is 26.0 Å². The number of nitrogens with zero attached hydrogens (tertiary/aromatic N) is 3. The van der Waals surface area contributed by atoms with Crippen molar-refractivity contribution in [3.8, 4) is 17.0 Å². The first kappa shape index (κ1) is 28.1. The third-order valence-electron chi connectivity index (χ3n) is 6.31. The van der Waals surface area contributed by atoms with E-state index in [1.807, 2.05) is 46.7 Å². The van der Waals surface area contributed by atoms with Gasteiger partial charge >= 0.3 is 0 Å². The average Bonchev–Trinajstić information content (AvgIpc) is 3.36. The van der Waals surface area contributed by atoms with E-state index in [9.17, 15) is 4.79 Å². The molecule has 0 aliphatic carbocycles. The molecule has 0 radical (unpaired) electrons. The minimum absolute atomic E-state index is 0. The Labute approximate surface area is 224 Å². The molecule has 194 valence electrons. The number of halogens is 1. The zero-order chi connectivity index (χ0) is 24.8. The summed E-state index contributed by atoms with van der Waals surface area (Å²) in [6.07, 6.45) is 0.878. The summed E-state index contributed by atoms with van der Waals surface area (Å²) >= 11 is 1.51. The zero-order valence-corrected chi connectivity index (χ0v) is 23.2. The Kier molecular flexibility index (Phi) is 9.91. The van der Waals surface area contributed by atoms with E-state index < -0.39 is 0 Å². The molecule has 8 heteroatoms. The van der Waals surface area contributed by atoms with E-state index >= 15 is 0 Å². The summed E-state index contributed by atoms with van der Waals surface area (Å²) in [5.41, 5.74) is 3.81. The fraction of sp³-hybridized carbons (Fsp3) is 0.429. The van der Waals surface area contributed by atoms with Gasteiger partial charge in [-0.15, -0.1) is 23.7 Å². The number of carbonyl (C=O) groups is 1. The van der Waals surface area contributed by atoms with Crippen molar-refractivity contribution in [3.05, 3.63) is 65.0 Å². The Balaban J connectivity index is 0.00000361. The fourth-order valence-corrected chi connectivity index (χ4v) is 4.97. The molecule has 4 rings (SSSR count). The molecule has 36 heavy (non-hydrogen) atoms. The first-order chi connectivity index (χ1) is 16.8. The molecule has 0 spiro atoms. The minimum atomic E-state index is -0.0110. The highest BCUT2D eigenvalue weighted by atomic mass is 35.5. The monoisotopic (exact) mass is 529 g/mol. The van der Waals surface area contributed by atoms with Crippen LogP contribution in [0.5, 0.6) is 5.75 Å². The van der Waals surface area contributed by atoms with E-state index in [4.69, 9.17) is 14.5 Å². The number of methoxy groups -OCH3 is 1. The molecule has 1 aliphatic rings. The summed E-state index contributed by atoms with van der Waals surface area (Å²) in [5.74, 6) is 0.797. The SMILES string of the molecule is COc1ccc(-c2csc(N(CCCN3CCOCC3)C(=O)c3ccc(C(C)(C)C)cc3)n2)cc1.Cl. The van der Waals surface area contributed by atoms with Crippen LogP contribution in [-0.4, -0.2) is 62.3 Å². The van der Waals surface area contributed by atoms with Gasteiger partial charge < -0.3 is 9.47 Å². The lowest BCUT2D eigenvalue weighted by Gasteiger charge is -2.28. The number of ether oxygens (including phenoxy) is 2. The summed E-state index contributed by atoms with van der Waals surface area (Å²) < 4.78 is 10.7. The van der Waals surface area contributed by atoms with Gasteiger partial charge in [0.1, 0.15) is 5.75 Å². The van der Waals surface area contributed by atoms with Gasteiger partial charge in [0, 0.05) is 42.7 Å². The standard InChI is InChI=1S/C28H35N3O3S.ClH/c1-28(2,3)23-10-6-22(7-11-23)26(32)31(15-5-14-30-16-18-34-19-17-30)27-29-25(20-35-27)21-8-12-24(33-4)13-9-21;/h6-13,20H,5,14-19H2,1-4H3;1H. The van der Waals surface area contributed by atoms with Crippen molar-refractivity contribution in [2.24, 2.45) is 0 Å². The van der Waals surface area contributed by atoms with Crippen molar-refractivity contribution in [3.63, 3.8) is 0 Å². The molecule has 0 N–H and O–H groups in total. The number of thiazole rings is 1. The number of carbonyl (C=O) groups excluding carboxylic acids is 1. The van der Waals surface area contributed by atoms with Gasteiger partial charge in [0.25, 0.3) is 5.91 Å². The molecule has 1 amide bonds. The van der Waals surface area contributed by atoms with Crippen LogP contribution < -0.4 is 9.64 Å². The van der Waals surface area contributed by atoms with Gasteiger partial charge in [-0.1, -0.05) is 32.9 Å². The third-order valence-corrected chi connectivity index (χ3v) is 7.18. The lowest BCUT2D eigenvalue weighted by atomic mass is 9.86. The van der Waals surface area contributed by atoms with Crippen molar-refractivity contribution in [1.29, 1.82) is 0 Å². The second-order valence-corrected chi connectivity index (χ2v) is 10.7. The number of amides is 1. The van der Waals surface area contributed by atoms with Crippen LogP contribution in [-0.2, 0) is 10.2 Å². The van der Waals surface area contributed by atoms with Crippen LogP contribution in [0.4, 0.5) is 5.13 Å². The van der Waals surface area contributed by atoms with Gasteiger partial charge in [0.2, 0.25) is 0 Å².